The van der Waals surface area contributed by atoms with Crippen LogP contribution in [0.1, 0.15) is 18.7 Å². The van der Waals surface area contributed by atoms with Crippen molar-refractivity contribution in [2.24, 2.45) is 7.05 Å². The van der Waals surface area contributed by atoms with Gasteiger partial charge in [0.25, 0.3) is 0 Å². The molecule has 88 valence electrons. The third-order valence-electron chi connectivity index (χ3n) is 2.83. The molecule has 0 spiro atoms. The number of hydrogen-bond donors (Lipinski definition) is 1. The first-order chi connectivity index (χ1) is 7.66. The lowest BCUT2D eigenvalue weighted by Gasteiger charge is -2.29. The maximum Gasteiger partial charge on any atom is 0.230 e. The monoisotopic (exact) mass is 225 g/mol. The second-order valence-corrected chi connectivity index (χ2v) is 4.01. The molecule has 0 aliphatic carbocycles. The lowest BCUT2D eigenvalue weighted by Crippen LogP contribution is -2.41. The Labute approximate surface area is 93.0 Å². The summed E-state index contributed by atoms with van der Waals surface area (Å²) >= 11 is 0. The minimum Gasteiger partial charge on any atom is -0.393 e. The van der Waals surface area contributed by atoms with Gasteiger partial charge >= 0.3 is 0 Å². The van der Waals surface area contributed by atoms with Crippen LogP contribution in [-0.4, -0.2) is 55.3 Å². The molecule has 0 atom stereocenters. The number of aliphatic hydroxyl groups is 1. The Morgan fingerprint density at radius 3 is 2.75 bits per heavy atom. The zero-order valence-electron chi connectivity index (χ0n) is 9.20. The van der Waals surface area contributed by atoms with Crippen molar-refractivity contribution in [2.45, 2.75) is 25.4 Å². The maximum atomic E-state index is 11.9. The Hall–Kier alpha value is -1.50. The van der Waals surface area contributed by atoms with Gasteiger partial charge in [0.1, 0.15) is 0 Å². The van der Waals surface area contributed by atoms with Gasteiger partial charge in [-0.1, -0.05) is 0 Å². The summed E-state index contributed by atoms with van der Waals surface area (Å²) in [5.41, 5.74) is 0. The van der Waals surface area contributed by atoms with Gasteiger partial charge in [-0.05, 0) is 23.3 Å². The molecule has 1 N–H and O–H groups in total. The quantitative estimate of drug-likeness (QED) is 0.679. The van der Waals surface area contributed by atoms with Crippen LogP contribution in [0.3, 0.4) is 0 Å². The molecule has 1 aromatic rings. The van der Waals surface area contributed by atoms with Gasteiger partial charge in [-0.3, -0.25) is 4.79 Å². The molecule has 1 saturated heterocycles. The third-order valence-corrected chi connectivity index (χ3v) is 2.83. The fourth-order valence-electron chi connectivity index (χ4n) is 1.76. The zero-order chi connectivity index (χ0) is 11.5. The SMILES string of the molecule is Cn1nnnc1CC(=O)N1CCC(O)CC1. The minimum absolute atomic E-state index is 0.0183. The molecule has 7 nitrogen and oxygen atoms in total. The summed E-state index contributed by atoms with van der Waals surface area (Å²) in [5.74, 6) is 0.584. The zero-order valence-corrected chi connectivity index (χ0v) is 9.20. The Kier molecular flexibility index (Phi) is 3.14. The van der Waals surface area contributed by atoms with Gasteiger partial charge in [0.15, 0.2) is 5.82 Å². The molecule has 2 heterocycles. The molecule has 1 aliphatic rings. The first-order valence-corrected chi connectivity index (χ1v) is 5.34. The molecule has 1 fully saturated rings. The molecule has 0 bridgehead atoms. The number of aromatic nitrogens is 4. The molecule has 1 aliphatic heterocycles. The topological polar surface area (TPSA) is 84.1 Å². The number of amides is 1. The molecular weight excluding hydrogens is 210 g/mol. The van der Waals surface area contributed by atoms with Crippen LogP contribution in [0.2, 0.25) is 0 Å². The van der Waals surface area contributed by atoms with Gasteiger partial charge < -0.3 is 10.0 Å². The van der Waals surface area contributed by atoms with Crippen molar-refractivity contribution in [3.8, 4) is 0 Å². The molecule has 7 heteroatoms. The summed E-state index contributed by atoms with van der Waals surface area (Å²) in [4.78, 5) is 13.6. The van der Waals surface area contributed by atoms with Crippen molar-refractivity contribution < 1.29 is 9.90 Å². The highest BCUT2D eigenvalue weighted by Crippen LogP contribution is 2.11. The maximum absolute atomic E-state index is 11.9. The molecule has 0 radical (unpaired) electrons. The van der Waals surface area contributed by atoms with E-state index >= 15 is 0 Å². The Morgan fingerprint density at radius 2 is 2.19 bits per heavy atom. The van der Waals surface area contributed by atoms with Crippen molar-refractivity contribution >= 4 is 5.91 Å². The molecule has 1 amide bonds. The molecule has 0 aromatic carbocycles. The van der Waals surface area contributed by atoms with Gasteiger partial charge in [-0.2, -0.15) is 0 Å². The number of rotatable bonds is 2. The van der Waals surface area contributed by atoms with E-state index in [1.807, 2.05) is 0 Å². The summed E-state index contributed by atoms with van der Waals surface area (Å²) < 4.78 is 1.50. The number of hydrogen-bond acceptors (Lipinski definition) is 5. The van der Waals surface area contributed by atoms with E-state index in [0.717, 1.165) is 0 Å². The van der Waals surface area contributed by atoms with E-state index in [4.69, 9.17) is 0 Å². The number of carbonyl (C=O) groups is 1. The lowest BCUT2D eigenvalue weighted by molar-refractivity contribution is -0.132. The number of aryl methyl sites for hydroxylation is 1. The van der Waals surface area contributed by atoms with Gasteiger partial charge in [-0.15, -0.1) is 5.10 Å². The third kappa shape index (κ3) is 2.35. The Bertz CT molecular complexity index is 370. The highest BCUT2D eigenvalue weighted by atomic mass is 16.3. The molecule has 1 aromatic heterocycles. The first-order valence-electron chi connectivity index (χ1n) is 5.34. The molecule has 0 unspecified atom stereocenters. The summed E-state index contributed by atoms with van der Waals surface area (Å²) in [7, 11) is 1.71. The average molecular weight is 225 g/mol. The summed E-state index contributed by atoms with van der Waals surface area (Å²) in [5, 5.41) is 20.3. The second-order valence-electron chi connectivity index (χ2n) is 4.01. The van der Waals surface area contributed by atoms with Crippen molar-refractivity contribution in [2.75, 3.05) is 13.1 Å². The average Bonchev–Trinajstić information content (AvgIpc) is 2.65. The highest BCUT2D eigenvalue weighted by molar-refractivity contribution is 5.78. The van der Waals surface area contributed by atoms with E-state index in [9.17, 15) is 9.90 Å². The number of likely N-dealkylation sites (tertiary alicyclic amines) is 1. The predicted octanol–water partition coefficient (Wildman–Crippen LogP) is -1.26. The first kappa shape index (κ1) is 11.0. The van der Waals surface area contributed by atoms with Gasteiger partial charge in [0.2, 0.25) is 5.91 Å². The number of nitrogens with zero attached hydrogens (tertiary/aromatic N) is 5. The van der Waals surface area contributed by atoms with Crippen LogP contribution < -0.4 is 0 Å². The summed E-state index contributed by atoms with van der Waals surface area (Å²) in [6.07, 6.45) is 1.27. The molecule has 2 rings (SSSR count). The van der Waals surface area contributed by atoms with E-state index in [2.05, 4.69) is 15.5 Å². The normalized spacial score (nSPS) is 17.8. The number of carbonyl (C=O) groups excluding carboxylic acids is 1. The van der Waals surface area contributed by atoms with Gasteiger partial charge in [0.05, 0.1) is 12.5 Å². The van der Waals surface area contributed by atoms with Crippen molar-refractivity contribution in [1.29, 1.82) is 0 Å². The van der Waals surface area contributed by atoms with Crippen molar-refractivity contribution in [3.63, 3.8) is 0 Å². The number of aliphatic hydroxyl groups excluding tert-OH is 1. The van der Waals surface area contributed by atoms with Crippen LogP contribution in [0.25, 0.3) is 0 Å². The highest BCUT2D eigenvalue weighted by Gasteiger charge is 2.22. The summed E-state index contributed by atoms with van der Waals surface area (Å²) in [6.45, 7) is 1.23. The molecular formula is C9H15N5O2. The van der Waals surface area contributed by atoms with E-state index in [-0.39, 0.29) is 18.4 Å². The Balaban J connectivity index is 1.91. The van der Waals surface area contributed by atoms with Gasteiger partial charge in [0, 0.05) is 20.1 Å². The molecule has 0 saturated carbocycles. The van der Waals surface area contributed by atoms with E-state index in [1.165, 1.54) is 4.68 Å². The van der Waals surface area contributed by atoms with Gasteiger partial charge in [-0.25, -0.2) is 4.68 Å². The number of tetrazole rings is 1. The smallest absolute Gasteiger partial charge is 0.230 e. The van der Waals surface area contributed by atoms with Crippen LogP contribution in [0, 0.1) is 0 Å². The van der Waals surface area contributed by atoms with E-state index in [0.29, 0.717) is 31.8 Å². The second kappa shape index (κ2) is 4.56. The predicted molar refractivity (Wildman–Crippen MR) is 54.3 cm³/mol. The fraction of sp³-hybridized carbons (Fsp3) is 0.778. The molecule has 16 heavy (non-hydrogen) atoms. The van der Waals surface area contributed by atoms with Crippen LogP contribution in [0.4, 0.5) is 0 Å². The van der Waals surface area contributed by atoms with Crippen LogP contribution >= 0.6 is 0 Å². The van der Waals surface area contributed by atoms with E-state index < -0.39 is 0 Å². The van der Waals surface area contributed by atoms with Crippen molar-refractivity contribution in [3.05, 3.63) is 5.82 Å². The Morgan fingerprint density at radius 1 is 1.50 bits per heavy atom. The standard InChI is InChI=1S/C9H15N5O2/c1-13-8(10-11-12-13)6-9(16)14-4-2-7(15)3-5-14/h7,15H,2-6H2,1H3. The largest absolute Gasteiger partial charge is 0.393 e. The van der Waals surface area contributed by atoms with E-state index in [1.54, 1.807) is 11.9 Å². The summed E-state index contributed by atoms with van der Waals surface area (Å²) in [6, 6.07) is 0. The van der Waals surface area contributed by atoms with Crippen LogP contribution in [0.5, 0.6) is 0 Å². The minimum atomic E-state index is -0.263. The lowest BCUT2D eigenvalue weighted by atomic mass is 10.1. The van der Waals surface area contributed by atoms with Crippen molar-refractivity contribution in [1.82, 2.24) is 25.1 Å². The van der Waals surface area contributed by atoms with Crippen LogP contribution in [-0.2, 0) is 18.3 Å². The van der Waals surface area contributed by atoms with Crippen LogP contribution in [0.15, 0.2) is 0 Å². The fourth-order valence-corrected chi connectivity index (χ4v) is 1.76. The number of piperidine rings is 1.